The number of aromatic amines is 2. The minimum Gasteiger partial charge on any atom is -0.382 e. The van der Waals surface area contributed by atoms with Crippen LogP contribution in [0.5, 0.6) is 0 Å². The number of carbonyl (C=O) groups excluding carboxylic acids is 1. The molecule has 0 spiro atoms. The van der Waals surface area contributed by atoms with Gasteiger partial charge in [-0.25, -0.2) is 0 Å². The highest BCUT2D eigenvalue weighted by atomic mass is 16.5. The molecule has 0 fully saturated rings. The highest BCUT2D eigenvalue weighted by molar-refractivity contribution is 5.97. The molecule has 0 aliphatic carbocycles. The zero-order valence-corrected chi connectivity index (χ0v) is 13.7. The van der Waals surface area contributed by atoms with Crippen molar-refractivity contribution in [1.29, 1.82) is 0 Å². The number of hydrogen-bond acceptors (Lipinski definition) is 5. The summed E-state index contributed by atoms with van der Waals surface area (Å²) in [5, 5.41) is 6.97. The first kappa shape index (κ1) is 16.7. The van der Waals surface area contributed by atoms with E-state index in [4.69, 9.17) is 4.74 Å². The van der Waals surface area contributed by atoms with E-state index in [2.05, 4.69) is 20.4 Å². The van der Waals surface area contributed by atoms with Crippen molar-refractivity contribution in [2.45, 2.75) is 6.04 Å². The first-order chi connectivity index (χ1) is 12.0. The molecule has 3 rings (SSSR count). The van der Waals surface area contributed by atoms with E-state index in [9.17, 15) is 14.4 Å². The third kappa shape index (κ3) is 3.36. The number of rotatable bonds is 5. The Labute approximate surface area is 141 Å². The van der Waals surface area contributed by atoms with Crippen molar-refractivity contribution in [3.05, 3.63) is 62.4 Å². The number of ether oxygens (including phenoxy) is 1. The number of benzene rings is 1. The minimum atomic E-state index is -0.766. The summed E-state index contributed by atoms with van der Waals surface area (Å²) in [5.74, 6) is -0.336. The molecule has 2 heterocycles. The molecular formula is C16H17N5O4. The maximum Gasteiger partial charge on any atom is 0.314 e. The zero-order valence-electron chi connectivity index (χ0n) is 13.7. The minimum absolute atomic E-state index is 0.281. The largest absolute Gasteiger partial charge is 0.382 e. The van der Waals surface area contributed by atoms with Gasteiger partial charge in [0, 0.05) is 25.9 Å². The maximum absolute atomic E-state index is 12.6. The topological polar surface area (TPSA) is 122 Å². The summed E-state index contributed by atoms with van der Waals surface area (Å²) in [7, 11) is 3.33. The van der Waals surface area contributed by atoms with Gasteiger partial charge in [-0.2, -0.15) is 5.10 Å². The number of fused-ring (bicyclic) bond motifs is 1. The first-order valence-corrected chi connectivity index (χ1v) is 7.53. The Hall–Kier alpha value is -3.20. The summed E-state index contributed by atoms with van der Waals surface area (Å²) in [5.41, 5.74) is 0.466. The van der Waals surface area contributed by atoms with Gasteiger partial charge < -0.3 is 20.0 Å². The fourth-order valence-corrected chi connectivity index (χ4v) is 2.59. The van der Waals surface area contributed by atoms with Crippen LogP contribution in [0.1, 0.15) is 22.1 Å². The fraction of sp³-hybridized carbons (Fsp3) is 0.250. The van der Waals surface area contributed by atoms with Gasteiger partial charge in [-0.05, 0) is 24.3 Å². The van der Waals surface area contributed by atoms with Gasteiger partial charge in [-0.1, -0.05) is 0 Å². The summed E-state index contributed by atoms with van der Waals surface area (Å²) < 4.78 is 6.83. The van der Waals surface area contributed by atoms with Crippen LogP contribution >= 0.6 is 0 Å². The maximum atomic E-state index is 12.6. The molecule has 0 saturated heterocycles. The predicted molar refractivity (Wildman–Crippen MR) is 90.5 cm³/mol. The lowest BCUT2D eigenvalue weighted by molar-refractivity contribution is 0.0892. The molecule has 2 aromatic heterocycles. The second-order valence-corrected chi connectivity index (χ2v) is 5.53. The molecule has 1 aromatic carbocycles. The van der Waals surface area contributed by atoms with E-state index in [1.165, 1.54) is 6.07 Å². The molecule has 25 heavy (non-hydrogen) atoms. The average Bonchev–Trinajstić information content (AvgIpc) is 3.01. The third-order valence-corrected chi connectivity index (χ3v) is 3.84. The van der Waals surface area contributed by atoms with Gasteiger partial charge in [0.15, 0.2) is 0 Å². The monoisotopic (exact) mass is 343 g/mol. The number of nitrogens with zero attached hydrogens (tertiary/aromatic N) is 2. The van der Waals surface area contributed by atoms with Gasteiger partial charge >= 0.3 is 11.1 Å². The van der Waals surface area contributed by atoms with E-state index in [1.54, 1.807) is 43.2 Å². The van der Waals surface area contributed by atoms with Crippen molar-refractivity contribution in [3.8, 4) is 0 Å². The van der Waals surface area contributed by atoms with Crippen molar-refractivity contribution in [2.24, 2.45) is 7.05 Å². The molecule has 0 bridgehead atoms. The van der Waals surface area contributed by atoms with Crippen LogP contribution in [0, 0.1) is 0 Å². The van der Waals surface area contributed by atoms with Gasteiger partial charge in [-0.3, -0.25) is 19.1 Å². The van der Waals surface area contributed by atoms with Crippen LogP contribution in [-0.4, -0.2) is 39.4 Å². The normalized spacial score (nSPS) is 12.2. The number of aromatic nitrogens is 4. The Balaban J connectivity index is 1.90. The lowest BCUT2D eigenvalue weighted by Crippen LogP contribution is -2.33. The molecule has 3 N–H and O–H groups in total. The van der Waals surface area contributed by atoms with E-state index in [1.807, 2.05) is 0 Å². The molecule has 3 aromatic rings. The lowest BCUT2D eigenvalue weighted by Gasteiger charge is -2.18. The Morgan fingerprint density at radius 3 is 2.60 bits per heavy atom. The standard InChI is InChI=1S/C16H17N5O4/c1-21-13(5-6-17-21)12(8-25-2)20-14(22)9-3-4-10-11(7-9)19-16(24)15(23)18-10/h3-7,12H,8H2,1-2H3,(H,18,23)(H,19,24)(H,20,22)/t12-/m1/s1. The second-order valence-electron chi connectivity index (χ2n) is 5.53. The number of methoxy groups -OCH3 is 1. The fourth-order valence-electron chi connectivity index (χ4n) is 2.59. The van der Waals surface area contributed by atoms with E-state index in [0.29, 0.717) is 16.6 Å². The molecular weight excluding hydrogens is 326 g/mol. The van der Waals surface area contributed by atoms with E-state index in [0.717, 1.165) is 5.69 Å². The van der Waals surface area contributed by atoms with Crippen molar-refractivity contribution >= 4 is 16.9 Å². The number of carbonyl (C=O) groups is 1. The third-order valence-electron chi connectivity index (χ3n) is 3.84. The summed E-state index contributed by atoms with van der Waals surface area (Å²) in [6.07, 6.45) is 1.64. The zero-order chi connectivity index (χ0) is 18.0. The summed E-state index contributed by atoms with van der Waals surface area (Å²) >= 11 is 0. The lowest BCUT2D eigenvalue weighted by atomic mass is 10.1. The van der Waals surface area contributed by atoms with E-state index in [-0.39, 0.29) is 18.6 Å². The van der Waals surface area contributed by atoms with E-state index >= 15 is 0 Å². The van der Waals surface area contributed by atoms with Crippen molar-refractivity contribution in [3.63, 3.8) is 0 Å². The molecule has 0 unspecified atom stereocenters. The Kier molecular flexibility index (Phi) is 4.48. The van der Waals surface area contributed by atoms with Crippen LogP contribution in [0.3, 0.4) is 0 Å². The number of H-pyrrole nitrogens is 2. The second kappa shape index (κ2) is 6.73. The van der Waals surface area contributed by atoms with Crippen LogP contribution in [0.4, 0.5) is 0 Å². The first-order valence-electron chi connectivity index (χ1n) is 7.53. The van der Waals surface area contributed by atoms with Crippen LogP contribution in [0.15, 0.2) is 40.1 Å². The smallest absolute Gasteiger partial charge is 0.314 e. The molecule has 9 heteroatoms. The van der Waals surface area contributed by atoms with Crippen LogP contribution in [0.2, 0.25) is 0 Å². The quantitative estimate of drug-likeness (QED) is 0.566. The summed E-state index contributed by atoms with van der Waals surface area (Å²) in [4.78, 5) is 40.2. The number of hydrogen-bond donors (Lipinski definition) is 3. The molecule has 0 saturated carbocycles. The Bertz CT molecular complexity index is 1030. The van der Waals surface area contributed by atoms with Gasteiger partial charge in [0.25, 0.3) is 5.91 Å². The molecule has 0 aliphatic rings. The molecule has 9 nitrogen and oxygen atoms in total. The molecule has 130 valence electrons. The summed E-state index contributed by atoms with van der Waals surface area (Å²) in [6.45, 7) is 0.281. The number of nitrogens with one attached hydrogen (secondary N) is 3. The Morgan fingerprint density at radius 2 is 1.96 bits per heavy atom. The summed E-state index contributed by atoms with van der Waals surface area (Å²) in [6, 6.07) is 6.06. The van der Waals surface area contributed by atoms with Gasteiger partial charge in [-0.15, -0.1) is 0 Å². The van der Waals surface area contributed by atoms with Crippen molar-refractivity contribution < 1.29 is 9.53 Å². The Morgan fingerprint density at radius 1 is 1.24 bits per heavy atom. The molecule has 1 atom stereocenters. The van der Waals surface area contributed by atoms with Gasteiger partial charge in [0.1, 0.15) is 0 Å². The van der Waals surface area contributed by atoms with Gasteiger partial charge in [0.2, 0.25) is 0 Å². The van der Waals surface area contributed by atoms with Crippen LogP contribution in [-0.2, 0) is 11.8 Å². The van der Waals surface area contributed by atoms with Crippen molar-refractivity contribution in [2.75, 3.05) is 13.7 Å². The highest BCUT2D eigenvalue weighted by Gasteiger charge is 2.19. The van der Waals surface area contributed by atoms with Gasteiger partial charge in [0.05, 0.1) is 29.4 Å². The number of amides is 1. The van der Waals surface area contributed by atoms with E-state index < -0.39 is 11.1 Å². The van der Waals surface area contributed by atoms with Crippen LogP contribution < -0.4 is 16.4 Å². The molecule has 0 aliphatic heterocycles. The number of aryl methyl sites for hydroxylation is 1. The molecule has 0 radical (unpaired) electrons. The SMILES string of the molecule is COC[C@@H](NC(=O)c1ccc2[nH]c(=O)c(=O)[nH]c2c1)c1ccnn1C. The predicted octanol–water partition coefficient (Wildman–Crippen LogP) is 0.0674. The van der Waals surface area contributed by atoms with Crippen LogP contribution in [0.25, 0.3) is 11.0 Å². The highest BCUT2D eigenvalue weighted by Crippen LogP contribution is 2.15. The van der Waals surface area contributed by atoms with Crippen molar-refractivity contribution in [1.82, 2.24) is 25.1 Å². The molecule has 1 amide bonds. The average molecular weight is 343 g/mol.